The minimum atomic E-state index is -0.0999. The van der Waals surface area contributed by atoms with Gasteiger partial charge in [0.2, 0.25) is 0 Å². The molecule has 1 aliphatic heterocycles. The van der Waals surface area contributed by atoms with Gasteiger partial charge < -0.3 is 14.6 Å². The summed E-state index contributed by atoms with van der Waals surface area (Å²) >= 11 is 0. The Balaban J connectivity index is 1.35. The summed E-state index contributed by atoms with van der Waals surface area (Å²) in [6, 6.07) is 15.2. The molecule has 1 unspecified atom stereocenters. The van der Waals surface area contributed by atoms with Gasteiger partial charge in [0, 0.05) is 23.6 Å². The lowest BCUT2D eigenvalue weighted by Crippen LogP contribution is -2.34. The van der Waals surface area contributed by atoms with Crippen LogP contribution in [0, 0.1) is 12.8 Å². The first-order valence-electron chi connectivity index (χ1n) is 8.59. The van der Waals surface area contributed by atoms with Crippen molar-refractivity contribution in [1.29, 1.82) is 0 Å². The molecule has 0 aliphatic carbocycles. The first-order valence-corrected chi connectivity index (χ1v) is 8.59. The molecule has 1 amide bonds. The van der Waals surface area contributed by atoms with Gasteiger partial charge in [-0.05, 0) is 49.2 Å². The summed E-state index contributed by atoms with van der Waals surface area (Å²) in [5.74, 6) is 2.15. The lowest BCUT2D eigenvalue weighted by Gasteiger charge is -2.25. The van der Waals surface area contributed by atoms with Gasteiger partial charge in [-0.1, -0.05) is 23.4 Å². The molecule has 0 saturated heterocycles. The fraction of sp³-hybridized carbons (Fsp3) is 0.250. The van der Waals surface area contributed by atoms with Crippen LogP contribution in [0.1, 0.15) is 21.7 Å². The molecule has 1 atom stereocenters. The molecule has 1 N–H and O–H groups in total. The minimum absolute atomic E-state index is 0.0999. The third kappa shape index (κ3) is 3.44. The zero-order valence-electron chi connectivity index (χ0n) is 14.4. The maximum absolute atomic E-state index is 12.4. The van der Waals surface area contributed by atoms with E-state index in [4.69, 9.17) is 9.26 Å². The van der Waals surface area contributed by atoms with Crippen LogP contribution >= 0.6 is 0 Å². The van der Waals surface area contributed by atoms with Gasteiger partial charge >= 0.3 is 0 Å². The zero-order valence-corrected chi connectivity index (χ0v) is 14.4. The highest BCUT2D eigenvalue weighted by Gasteiger charge is 2.20. The van der Waals surface area contributed by atoms with Crippen LogP contribution < -0.4 is 10.1 Å². The molecule has 0 bridgehead atoms. The van der Waals surface area contributed by atoms with Crippen molar-refractivity contribution in [3.8, 4) is 17.2 Å². The van der Waals surface area contributed by atoms with Gasteiger partial charge in [0.25, 0.3) is 11.8 Å². The summed E-state index contributed by atoms with van der Waals surface area (Å²) in [7, 11) is 0. The van der Waals surface area contributed by atoms with Crippen molar-refractivity contribution in [3.63, 3.8) is 0 Å². The summed E-state index contributed by atoms with van der Waals surface area (Å²) < 4.78 is 10.9. The topological polar surface area (TPSA) is 77.2 Å². The van der Waals surface area contributed by atoms with Gasteiger partial charge in [0.1, 0.15) is 5.75 Å². The number of hydrogen-bond acceptors (Lipinski definition) is 5. The van der Waals surface area contributed by atoms with Gasteiger partial charge in [0.05, 0.1) is 6.61 Å². The second-order valence-corrected chi connectivity index (χ2v) is 6.42. The number of aryl methyl sites for hydroxylation is 1. The molecular weight excluding hydrogens is 330 g/mol. The van der Waals surface area contributed by atoms with Crippen molar-refractivity contribution < 1.29 is 14.1 Å². The van der Waals surface area contributed by atoms with Crippen LogP contribution in [0.2, 0.25) is 0 Å². The predicted molar refractivity (Wildman–Crippen MR) is 95.9 cm³/mol. The number of benzene rings is 2. The summed E-state index contributed by atoms with van der Waals surface area (Å²) in [4.78, 5) is 16.6. The van der Waals surface area contributed by atoms with Crippen LogP contribution in [0.4, 0.5) is 0 Å². The number of aromatic nitrogens is 2. The van der Waals surface area contributed by atoms with Crippen LogP contribution in [0.5, 0.6) is 5.75 Å². The lowest BCUT2D eigenvalue weighted by molar-refractivity contribution is 0.0939. The Morgan fingerprint density at radius 2 is 2.00 bits per heavy atom. The molecule has 0 saturated carbocycles. The molecule has 1 aliphatic rings. The Kier molecular flexibility index (Phi) is 4.39. The first-order chi connectivity index (χ1) is 12.7. The second-order valence-electron chi connectivity index (χ2n) is 6.42. The van der Waals surface area contributed by atoms with E-state index in [0.717, 1.165) is 17.7 Å². The second kappa shape index (κ2) is 7.00. The number of para-hydroxylation sites is 1. The van der Waals surface area contributed by atoms with Crippen molar-refractivity contribution in [2.45, 2.75) is 13.3 Å². The molecule has 6 heteroatoms. The highest BCUT2D eigenvalue weighted by Crippen LogP contribution is 2.26. The van der Waals surface area contributed by atoms with E-state index in [-0.39, 0.29) is 11.8 Å². The Labute approximate surface area is 151 Å². The quantitative estimate of drug-likeness (QED) is 0.783. The van der Waals surface area contributed by atoms with E-state index >= 15 is 0 Å². The zero-order chi connectivity index (χ0) is 17.9. The molecule has 4 rings (SSSR count). The van der Waals surface area contributed by atoms with Crippen LogP contribution in [0.3, 0.4) is 0 Å². The summed E-state index contributed by atoms with van der Waals surface area (Å²) in [5.41, 5.74) is 2.58. The molecule has 0 radical (unpaired) electrons. The van der Waals surface area contributed by atoms with Gasteiger partial charge in [-0.3, -0.25) is 4.79 Å². The number of carbonyl (C=O) groups is 1. The number of nitrogens with one attached hydrogen (secondary N) is 1. The summed E-state index contributed by atoms with van der Waals surface area (Å²) in [6.07, 6.45) is 0.909. The van der Waals surface area contributed by atoms with Gasteiger partial charge in [0.15, 0.2) is 5.82 Å². The first kappa shape index (κ1) is 16.3. The Bertz CT molecular complexity index is 918. The lowest BCUT2D eigenvalue weighted by atomic mass is 9.96. The highest BCUT2D eigenvalue weighted by atomic mass is 16.5. The average Bonchev–Trinajstić information content (AvgIpc) is 3.12. The van der Waals surface area contributed by atoms with Crippen LogP contribution in [0.15, 0.2) is 53.1 Å². The van der Waals surface area contributed by atoms with E-state index in [1.807, 2.05) is 30.3 Å². The Morgan fingerprint density at radius 1 is 1.19 bits per heavy atom. The number of carbonyl (C=O) groups excluding carboxylic acids is 1. The molecule has 6 nitrogen and oxygen atoms in total. The van der Waals surface area contributed by atoms with Crippen molar-refractivity contribution in [2.75, 3.05) is 13.2 Å². The largest absolute Gasteiger partial charge is 0.493 e. The molecule has 0 fully saturated rings. The van der Waals surface area contributed by atoms with Gasteiger partial charge in [-0.15, -0.1) is 0 Å². The monoisotopic (exact) mass is 349 g/mol. The van der Waals surface area contributed by atoms with Crippen molar-refractivity contribution in [1.82, 2.24) is 15.5 Å². The van der Waals surface area contributed by atoms with E-state index in [0.29, 0.717) is 30.4 Å². The van der Waals surface area contributed by atoms with Crippen LogP contribution in [-0.4, -0.2) is 29.2 Å². The highest BCUT2D eigenvalue weighted by molar-refractivity contribution is 5.94. The van der Waals surface area contributed by atoms with Crippen LogP contribution in [-0.2, 0) is 6.42 Å². The van der Waals surface area contributed by atoms with E-state index in [1.54, 1.807) is 19.1 Å². The molecule has 3 aromatic rings. The molecule has 2 heterocycles. The fourth-order valence-electron chi connectivity index (χ4n) is 3.04. The fourth-order valence-corrected chi connectivity index (χ4v) is 3.04. The number of nitrogens with zero attached hydrogens (tertiary/aromatic N) is 2. The number of fused-ring (bicyclic) bond motifs is 1. The molecule has 26 heavy (non-hydrogen) atoms. The van der Waals surface area contributed by atoms with E-state index in [9.17, 15) is 4.79 Å². The van der Waals surface area contributed by atoms with Crippen LogP contribution in [0.25, 0.3) is 11.5 Å². The number of rotatable bonds is 4. The van der Waals surface area contributed by atoms with Crippen molar-refractivity contribution >= 4 is 5.91 Å². The van der Waals surface area contributed by atoms with Gasteiger partial charge in [-0.2, -0.15) is 4.98 Å². The summed E-state index contributed by atoms with van der Waals surface area (Å²) in [5, 5.41) is 6.76. The standard InChI is InChI=1S/C20H19N3O3/c1-13-22-20(26-23-13)16-8-6-15(7-9-16)19(24)21-11-14-10-17-4-2-3-5-18(17)25-12-14/h2-9,14H,10-12H2,1H3,(H,21,24). The summed E-state index contributed by atoms with van der Waals surface area (Å²) in [6.45, 7) is 2.96. The number of amides is 1. The number of hydrogen-bond donors (Lipinski definition) is 1. The van der Waals surface area contributed by atoms with E-state index in [1.165, 1.54) is 5.56 Å². The van der Waals surface area contributed by atoms with Crippen molar-refractivity contribution in [2.24, 2.45) is 5.92 Å². The maximum atomic E-state index is 12.4. The third-order valence-corrected chi connectivity index (χ3v) is 4.43. The number of ether oxygens (including phenoxy) is 1. The average molecular weight is 349 g/mol. The maximum Gasteiger partial charge on any atom is 0.257 e. The van der Waals surface area contributed by atoms with E-state index < -0.39 is 0 Å². The Morgan fingerprint density at radius 3 is 2.77 bits per heavy atom. The molecular formula is C20H19N3O3. The predicted octanol–water partition coefficient (Wildman–Crippen LogP) is 3.03. The van der Waals surface area contributed by atoms with E-state index in [2.05, 4.69) is 21.5 Å². The normalized spacial score (nSPS) is 15.8. The SMILES string of the molecule is Cc1noc(-c2ccc(C(=O)NCC3COc4ccccc4C3)cc2)n1. The minimum Gasteiger partial charge on any atom is -0.493 e. The Hall–Kier alpha value is -3.15. The van der Waals surface area contributed by atoms with Crippen molar-refractivity contribution in [3.05, 3.63) is 65.5 Å². The smallest absolute Gasteiger partial charge is 0.257 e. The van der Waals surface area contributed by atoms with Gasteiger partial charge in [-0.25, -0.2) is 0 Å². The molecule has 1 aromatic heterocycles. The molecule has 2 aromatic carbocycles. The molecule has 132 valence electrons. The molecule has 0 spiro atoms. The third-order valence-electron chi connectivity index (χ3n) is 4.43.